The molecule has 0 aromatic heterocycles. The predicted octanol–water partition coefficient (Wildman–Crippen LogP) is 2.84. The summed E-state index contributed by atoms with van der Waals surface area (Å²) in [5.74, 6) is -0.0349. The van der Waals surface area contributed by atoms with Crippen LogP contribution >= 0.6 is 11.8 Å². The Morgan fingerprint density at radius 3 is 2.29 bits per heavy atom. The summed E-state index contributed by atoms with van der Waals surface area (Å²) in [7, 11) is 0. The van der Waals surface area contributed by atoms with Crippen LogP contribution in [0.15, 0.2) is 0 Å². The molecule has 24 heavy (non-hydrogen) atoms. The molecule has 0 spiro atoms. The normalized spacial score (nSPS) is 13.7. The van der Waals surface area contributed by atoms with Gasteiger partial charge in [0.2, 0.25) is 0 Å². The van der Waals surface area contributed by atoms with E-state index in [1.807, 2.05) is 6.26 Å². The first-order valence-electron chi connectivity index (χ1n) is 8.05. The summed E-state index contributed by atoms with van der Waals surface area (Å²) in [6, 6.07) is 0. The summed E-state index contributed by atoms with van der Waals surface area (Å²) in [4.78, 5) is 23.9. The third-order valence-electron chi connectivity index (χ3n) is 3.30. The fourth-order valence-corrected chi connectivity index (χ4v) is 2.67. The molecule has 0 aliphatic carbocycles. The van der Waals surface area contributed by atoms with Crippen molar-refractivity contribution in [2.75, 3.05) is 18.6 Å². The van der Waals surface area contributed by atoms with E-state index in [1.165, 1.54) is 11.8 Å². The Kier molecular flexibility index (Phi) is 9.80. The van der Waals surface area contributed by atoms with Crippen molar-refractivity contribution in [3.05, 3.63) is 0 Å². The number of alkyl carbamates (subject to hydrolysis) is 1. The van der Waals surface area contributed by atoms with Gasteiger partial charge in [-0.3, -0.25) is 5.41 Å². The van der Waals surface area contributed by atoms with E-state index < -0.39 is 23.2 Å². The van der Waals surface area contributed by atoms with Crippen molar-refractivity contribution in [3.63, 3.8) is 0 Å². The van der Waals surface area contributed by atoms with Gasteiger partial charge in [-0.15, -0.1) is 0 Å². The lowest BCUT2D eigenvalue weighted by Crippen LogP contribution is -2.56. The molecule has 8 heteroatoms. The van der Waals surface area contributed by atoms with E-state index in [2.05, 4.69) is 10.6 Å². The van der Waals surface area contributed by atoms with Gasteiger partial charge in [-0.1, -0.05) is 0 Å². The van der Waals surface area contributed by atoms with Crippen molar-refractivity contribution >= 4 is 29.7 Å². The van der Waals surface area contributed by atoms with Crippen LogP contribution in [0.3, 0.4) is 0 Å². The van der Waals surface area contributed by atoms with Crippen molar-refractivity contribution in [3.8, 4) is 0 Å². The highest BCUT2D eigenvalue weighted by Gasteiger charge is 2.40. The van der Waals surface area contributed by atoms with Crippen LogP contribution < -0.4 is 10.6 Å². The number of carboxylic acids is 1. The smallest absolute Gasteiger partial charge is 0.408 e. The number of hydrogen-bond donors (Lipinski definition) is 4. The molecule has 0 aliphatic heterocycles. The maximum Gasteiger partial charge on any atom is 0.408 e. The molecular weight excluding hydrogens is 330 g/mol. The van der Waals surface area contributed by atoms with E-state index in [4.69, 9.17) is 10.1 Å². The van der Waals surface area contributed by atoms with Crippen LogP contribution in [0, 0.1) is 5.41 Å². The highest BCUT2D eigenvalue weighted by Crippen LogP contribution is 2.22. The highest BCUT2D eigenvalue weighted by molar-refractivity contribution is 7.98. The Labute approximate surface area is 148 Å². The number of amides is 1. The summed E-state index contributed by atoms with van der Waals surface area (Å²) in [6.07, 6.45) is 3.19. The molecule has 140 valence electrons. The first-order chi connectivity index (χ1) is 11.0. The molecule has 0 aromatic carbocycles. The van der Waals surface area contributed by atoms with E-state index in [-0.39, 0.29) is 0 Å². The fourth-order valence-electron chi connectivity index (χ4n) is 2.12. The number of ether oxygens (including phenoxy) is 1. The number of rotatable bonds is 10. The zero-order valence-electron chi connectivity index (χ0n) is 15.3. The van der Waals surface area contributed by atoms with Gasteiger partial charge in [0.25, 0.3) is 0 Å². The lowest BCUT2D eigenvalue weighted by atomic mass is 9.89. The number of hydrogen-bond acceptors (Lipinski definition) is 5. The third-order valence-corrected chi connectivity index (χ3v) is 3.92. The van der Waals surface area contributed by atoms with Gasteiger partial charge in [-0.05, 0) is 65.4 Å². The highest BCUT2D eigenvalue weighted by atomic mass is 32.2. The molecule has 7 nitrogen and oxygen atoms in total. The largest absolute Gasteiger partial charge is 0.480 e. The van der Waals surface area contributed by atoms with Crippen LogP contribution in [0.25, 0.3) is 0 Å². The van der Waals surface area contributed by atoms with Gasteiger partial charge in [0.05, 0.1) is 5.84 Å². The Balaban J connectivity index is 4.88. The zero-order chi connectivity index (χ0) is 18.8. The summed E-state index contributed by atoms with van der Waals surface area (Å²) >= 11 is 1.54. The quantitative estimate of drug-likeness (QED) is 0.270. The molecule has 0 aliphatic rings. The Morgan fingerprint density at radius 2 is 1.83 bits per heavy atom. The van der Waals surface area contributed by atoms with E-state index in [0.29, 0.717) is 37.4 Å². The predicted molar refractivity (Wildman–Crippen MR) is 98.0 cm³/mol. The van der Waals surface area contributed by atoms with E-state index >= 15 is 0 Å². The Hall–Kier alpha value is -1.44. The van der Waals surface area contributed by atoms with Crippen LogP contribution in [0.4, 0.5) is 4.79 Å². The van der Waals surface area contributed by atoms with Gasteiger partial charge in [-0.2, -0.15) is 11.8 Å². The van der Waals surface area contributed by atoms with E-state index in [0.717, 1.165) is 6.42 Å². The minimum atomic E-state index is -1.33. The number of carboxylic acid groups (broad SMARTS) is 1. The average molecular weight is 362 g/mol. The number of thioether (sulfide) groups is 1. The molecule has 0 radical (unpaired) electrons. The standard InChI is InChI=1S/C16H31N3O4S/c1-12(17)18-10-7-6-8-16(13(20)21,9-11-24-5)19-14(22)23-15(2,3)4/h6-11H2,1-5H3,(H2,17,18)(H,19,22)(H,20,21). The third kappa shape index (κ3) is 9.64. The van der Waals surface area contributed by atoms with Crippen molar-refractivity contribution in [2.24, 2.45) is 0 Å². The zero-order valence-corrected chi connectivity index (χ0v) is 16.1. The van der Waals surface area contributed by atoms with Gasteiger partial charge >= 0.3 is 12.1 Å². The van der Waals surface area contributed by atoms with Gasteiger partial charge < -0.3 is 20.5 Å². The van der Waals surface area contributed by atoms with Gasteiger partial charge in [-0.25, -0.2) is 9.59 Å². The van der Waals surface area contributed by atoms with Crippen LogP contribution in [0.2, 0.25) is 0 Å². The van der Waals surface area contributed by atoms with Gasteiger partial charge in [0.1, 0.15) is 11.1 Å². The second kappa shape index (κ2) is 10.4. The second-order valence-electron chi connectivity index (χ2n) is 6.77. The number of amidine groups is 1. The van der Waals surface area contributed by atoms with Crippen molar-refractivity contribution < 1.29 is 19.4 Å². The number of nitrogens with one attached hydrogen (secondary N) is 3. The molecular formula is C16H31N3O4S. The summed E-state index contributed by atoms with van der Waals surface area (Å²) in [6.45, 7) is 7.48. The number of carbonyl (C=O) groups is 2. The second-order valence-corrected chi connectivity index (χ2v) is 7.75. The van der Waals surface area contributed by atoms with Crippen molar-refractivity contribution in [1.82, 2.24) is 10.6 Å². The summed E-state index contributed by atoms with van der Waals surface area (Å²) < 4.78 is 5.22. The minimum absolute atomic E-state index is 0.320. The first kappa shape index (κ1) is 22.6. The molecule has 0 bridgehead atoms. The topological polar surface area (TPSA) is 112 Å². The van der Waals surface area contributed by atoms with Gasteiger partial charge in [0.15, 0.2) is 0 Å². The SMILES string of the molecule is CSCCC(CCCCNC(C)=N)(NC(=O)OC(C)(C)C)C(=O)O. The van der Waals surface area contributed by atoms with Crippen molar-refractivity contribution in [1.29, 1.82) is 5.41 Å². The van der Waals surface area contributed by atoms with Crippen LogP contribution in [0.1, 0.15) is 53.4 Å². The maximum absolute atomic E-state index is 12.1. The molecule has 4 N–H and O–H groups in total. The Bertz CT molecular complexity index is 438. The lowest BCUT2D eigenvalue weighted by molar-refractivity contribution is -0.145. The molecule has 0 aromatic rings. The van der Waals surface area contributed by atoms with E-state index in [1.54, 1.807) is 27.7 Å². The molecule has 0 rings (SSSR count). The molecule has 0 heterocycles. The number of aliphatic carboxylic acids is 1. The van der Waals surface area contributed by atoms with Gasteiger partial charge in [0, 0.05) is 6.54 Å². The Morgan fingerprint density at radius 1 is 1.21 bits per heavy atom. The molecule has 0 saturated heterocycles. The lowest BCUT2D eigenvalue weighted by Gasteiger charge is -2.32. The van der Waals surface area contributed by atoms with Crippen LogP contribution in [-0.2, 0) is 9.53 Å². The molecule has 1 unspecified atom stereocenters. The number of carbonyl (C=O) groups excluding carboxylic acids is 1. The van der Waals surface area contributed by atoms with Crippen molar-refractivity contribution in [2.45, 2.75) is 64.5 Å². The van der Waals surface area contributed by atoms with E-state index in [9.17, 15) is 14.7 Å². The monoisotopic (exact) mass is 361 g/mol. The molecule has 1 atom stereocenters. The van der Waals surface area contributed by atoms with Crippen LogP contribution in [0.5, 0.6) is 0 Å². The average Bonchev–Trinajstić information content (AvgIpc) is 2.41. The molecule has 1 amide bonds. The fraction of sp³-hybridized carbons (Fsp3) is 0.812. The maximum atomic E-state index is 12.1. The molecule has 0 fully saturated rings. The summed E-state index contributed by atoms with van der Waals surface area (Å²) in [5, 5.41) is 22.5. The van der Waals surface area contributed by atoms with Crippen LogP contribution in [-0.4, -0.2) is 52.7 Å². The minimum Gasteiger partial charge on any atom is -0.480 e. The molecule has 0 saturated carbocycles. The first-order valence-corrected chi connectivity index (χ1v) is 9.44. The number of unbranched alkanes of at least 4 members (excludes halogenated alkanes) is 1. The summed E-state index contributed by atoms with van der Waals surface area (Å²) in [5.41, 5.74) is -2.01.